The standard InChI is InChI=1S/C15H18N4O7S/c1-17-14(20)9-12(15(17)21)16-11-3-2-10(19(22)23)8-13(11)27(24,25)18-4-6-26-7-5-18/h2-3,8,12,16H,4-7,9H2,1H3/t12-/m0/s1. The molecule has 1 aromatic carbocycles. The Morgan fingerprint density at radius 1 is 1.26 bits per heavy atom. The number of benzene rings is 1. The van der Waals surface area contributed by atoms with E-state index < -0.39 is 38.5 Å². The number of anilines is 1. The number of nitrogens with zero attached hydrogens (tertiary/aromatic N) is 3. The van der Waals surface area contributed by atoms with Crippen LogP contribution in [0.5, 0.6) is 0 Å². The molecule has 0 bridgehead atoms. The third-order valence-corrected chi connectivity index (χ3v) is 6.41. The molecular weight excluding hydrogens is 380 g/mol. The molecular formula is C15H18N4O7S. The van der Waals surface area contributed by atoms with E-state index >= 15 is 0 Å². The van der Waals surface area contributed by atoms with Gasteiger partial charge in [0.2, 0.25) is 15.9 Å². The van der Waals surface area contributed by atoms with E-state index in [0.717, 1.165) is 17.0 Å². The van der Waals surface area contributed by atoms with E-state index in [-0.39, 0.29) is 43.3 Å². The Bertz CT molecular complexity index is 895. The van der Waals surface area contributed by atoms with Crippen LogP contribution in [0.15, 0.2) is 23.1 Å². The highest BCUT2D eigenvalue weighted by Crippen LogP contribution is 2.31. The van der Waals surface area contributed by atoms with Gasteiger partial charge in [0.15, 0.2) is 0 Å². The average molecular weight is 398 g/mol. The predicted molar refractivity (Wildman–Crippen MR) is 92.5 cm³/mol. The maximum atomic E-state index is 13.0. The zero-order valence-corrected chi connectivity index (χ0v) is 15.3. The molecule has 2 aliphatic heterocycles. The Balaban J connectivity index is 2.00. The van der Waals surface area contributed by atoms with E-state index in [1.165, 1.54) is 17.4 Å². The van der Waals surface area contributed by atoms with Crippen LogP contribution in [-0.2, 0) is 24.3 Å². The minimum Gasteiger partial charge on any atom is -0.379 e. The first kappa shape index (κ1) is 19.2. The van der Waals surface area contributed by atoms with Gasteiger partial charge in [0, 0.05) is 32.3 Å². The number of non-ortho nitro benzene ring substituents is 1. The van der Waals surface area contributed by atoms with E-state index in [4.69, 9.17) is 4.74 Å². The number of imide groups is 1. The van der Waals surface area contributed by atoms with Crippen molar-refractivity contribution in [2.24, 2.45) is 0 Å². The molecule has 2 saturated heterocycles. The molecule has 27 heavy (non-hydrogen) atoms. The van der Waals surface area contributed by atoms with Crippen LogP contribution >= 0.6 is 0 Å². The summed E-state index contributed by atoms with van der Waals surface area (Å²) in [6.45, 7) is 0.677. The van der Waals surface area contributed by atoms with E-state index in [2.05, 4.69) is 5.32 Å². The zero-order chi connectivity index (χ0) is 19.8. The first-order valence-electron chi connectivity index (χ1n) is 8.15. The minimum absolute atomic E-state index is 0.0357. The highest BCUT2D eigenvalue weighted by Gasteiger charge is 2.38. The second-order valence-corrected chi connectivity index (χ2v) is 8.05. The molecule has 1 N–H and O–H groups in total. The summed E-state index contributed by atoms with van der Waals surface area (Å²) >= 11 is 0. The average Bonchev–Trinajstić information content (AvgIpc) is 2.89. The van der Waals surface area contributed by atoms with Crippen molar-refractivity contribution in [2.45, 2.75) is 17.4 Å². The molecule has 146 valence electrons. The molecule has 0 spiro atoms. The van der Waals surface area contributed by atoms with Crippen molar-refractivity contribution in [2.75, 3.05) is 38.7 Å². The van der Waals surface area contributed by atoms with E-state index in [0.29, 0.717) is 0 Å². The number of nitro groups is 1. The topological polar surface area (TPSA) is 139 Å². The van der Waals surface area contributed by atoms with Gasteiger partial charge in [0.05, 0.1) is 30.2 Å². The highest BCUT2D eigenvalue weighted by atomic mass is 32.2. The van der Waals surface area contributed by atoms with Gasteiger partial charge in [-0.2, -0.15) is 4.31 Å². The molecule has 1 aromatic rings. The van der Waals surface area contributed by atoms with Gasteiger partial charge in [0.1, 0.15) is 10.9 Å². The molecule has 3 rings (SSSR count). The quantitative estimate of drug-likeness (QED) is 0.408. The Morgan fingerprint density at radius 2 is 1.93 bits per heavy atom. The summed E-state index contributed by atoms with van der Waals surface area (Å²) in [5, 5.41) is 13.9. The molecule has 2 amide bonds. The van der Waals surface area contributed by atoms with Gasteiger partial charge in [-0.15, -0.1) is 0 Å². The molecule has 2 fully saturated rings. The summed E-state index contributed by atoms with van der Waals surface area (Å²) in [6, 6.07) is 2.41. The van der Waals surface area contributed by atoms with E-state index in [9.17, 15) is 28.1 Å². The first-order chi connectivity index (χ1) is 12.7. The molecule has 12 heteroatoms. The summed E-state index contributed by atoms with van der Waals surface area (Å²) in [5.41, 5.74) is -0.355. The number of carbonyl (C=O) groups excluding carboxylic acids is 2. The fraction of sp³-hybridized carbons (Fsp3) is 0.467. The van der Waals surface area contributed by atoms with Crippen molar-refractivity contribution >= 4 is 33.2 Å². The third kappa shape index (κ3) is 3.63. The van der Waals surface area contributed by atoms with Crippen molar-refractivity contribution in [3.63, 3.8) is 0 Å². The Morgan fingerprint density at radius 3 is 2.48 bits per heavy atom. The second-order valence-electron chi connectivity index (χ2n) is 6.15. The fourth-order valence-corrected chi connectivity index (χ4v) is 4.52. The van der Waals surface area contributed by atoms with Gasteiger partial charge < -0.3 is 10.1 Å². The van der Waals surface area contributed by atoms with Gasteiger partial charge in [-0.1, -0.05) is 0 Å². The smallest absolute Gasteiger partial charge is 0.270 e. The van der Waals surface area contributed by atoms with Crippen LogP contribution in [0.2, 0.25) is 0 Å². The number of ether oxygens (including phenoxy) is 1. The number of amides is 2. The predicted octanol–water partition coefficient (Wildman–Crippen LogP) is -0.215. The molecule has 2 aliphatic rings. The van der Waals surface area contributed by atoms with Crippen LogP contribution in [0.4, 0.5) is 11.4 Å². The monoisotopic (exact) mass is 398 g/mol. The number of likely N-dealkylation sites (N-methyl/N-ethyl adjacent to an activating group) is 1. The largest absolute Gasteiger partial charge is 0.379 e. The van der Waals surface area contributed by atoms with Crippen LogP contribution in [0.3, 0.4) is 0 Å². The van der Waals surface area contributed by atoms with Crippen LogP contribution in [-0.4, -0.2) is 73.8 Å². The lowest BCUT2D eigenvalue weighted by Crippen LogP contribution is -2.41. The van der Waals surface area contributed by atoms with Crippen LogP contribution in [0.25, 0.3) is 0 Å². The first-order valence-corrected chi connectivity index (χ1v) is 9.59. The van der Waals surface area contributed by atoms with Crippen molar-refractivity contribution < 1.29 is 27.7 Å². The maximum absolute atomic E-state index is 13.0. The SMILES string of the molecule is CN1C(=O)C[C@H](Nc2ccc([N+](=O)[O-])cc2S(=O)(=O)N2CCOCC2)C1=O. The van der Waals surface area contributed by atoms with Crippen LogP contribution < -0.4 is 5.32 Å². The van der Waals surface area contributed by atoms with Crippen molar-refractivity contribution in [1.82, 2.24) is 9.21 Å². The summed E-state index contributed by atoms with van der Waals surface area (Å²) in [7, 11) is -2.72. The van der Waals surface area contributed by atoms with E-state index in [1.54, 1.807) is 0 Å². The number of likely N-dealkylation sites (tertiary alicyclic amines) is 1. The number of hydrogen-bond acceptors (Lipinski definition) is 8. The number of carbonyl (C=O) groups is 2. The molecule has 0 aromatic heterocycles. The number of sulfonamides is 1. The molecule has 0 unspecified atom stereocenters. The number of morpholine rings is 1. The lowest BCUT2D eigenvalue weighted by Gasteiger charge is -2.27. The summed E-state index contributed by atoms with van der Waals surface area (Å²) < 4.78 is 32.4. The van der Waals surface area contributed by atoms with Crippen molar-refractivity contribution in [3.8, 4) is 0 Å². The minimum atomic E-state index is -4.06. The zero-order valence-electron chi connectivity index (χ0n) is 14.5. The Hall–Kier alpha value is -2.57. The Labute approximate surface area is 155 Å². The molecule has 1 atom stereocenters. The summed E-state index contributed by atoms with van der Waals surface area (Å²) in [6.07, 6.45) is -0.122. The lowest BCUT2D eigenvalue weighted by molar-refractivity contribution is -0.385. The molecule has 0 saturated carbocycles. The number of hydrogen-bond donors (Lipinski definition) is 1. The Kier molecular flexibility index (Phi) is 5.13. The second kappa shape index (κ2) is 7.21. The van der Waals surface area contributed by atoms with Gasteiger partial charge in [-0.25, -0.2) is 8.42 Å². The normalized spacial score (nSPS) is 21.5. The number of nitro benzene ring substituents is 1. The van der Waals surface area contributed by atoms with Crippen LogP contribution in [0.1, 0.15) is 6.42 Å². The number of rotatable bonds is 5. The molecule has 11 nitrogen and oxygen atoms in total. The maximum Gasteiger partial charge on any atom is 0.270 e. The summed E-state index contributed by atoms with van der Waals surface area (Å²) in [4.78, 5) is 34.9. The third-order valence-electron chi connectivity index (χ3n) is 4.48. The molecule has 0 aliphatic carbocycles. The van der Waals surface area contributed by atoms with Crippen molar-refractivity contribution in [1.29, 1.82) is 0 Å². The van der Waals surface area contributed by atoms with Crippen LogP contribution in [0, 0.1) is 10.1 Å². The van der Waals surface area contributed by atoms with Gasteiger partial charge >= 0.3 is 0 Å². The summed E-state index contributed by atoms with van der Waals surface area (Å²) in [5.74, 6) is -0.884. The number of nitrogens with one attached hydrogen (secondary N) is 1. The lowest BCUT2D eigenvalue weighted by atomic mass is 10.2. The van der Waals surface area contributed by atoms with E-state index in [1.807, 2.05) is 0 Å². The molecule has 2 heterocycles. The molecule has 0 radical (unpaired) electrons. The fourth-order valence-electron chi connectivity index (χ4n) is 2.94. The highest BCUT2D eigenvalue weighted by molar-refractivity contribution is 7.89. The van der Waals surface area contributed by atoms with Gasteiger partial charge in [-0.3, -0.25) is 24.6 Å². The van der Waals surface area contributed by atoms with Gasteiger partial charge in [-0.05, 0) is 6.07 Å². The van der Waals surface area contributed by atoms with Gasteiger partial charge in [0.25, 0.3) is 11.6 Å². The van der Waals surface area contributed by atoms with Crippen molar-refractivity contribution in [3.05, 3.63) is 28.3 Å².